The van der Waals surface area contributed by atoms with E-state index in [4.69, 9.17) is 0 Å². The summed E-state index contributed by atoms with van der Waals surface area (Å²) in [7, 11) is 0. The van der Waals surface area contributed by atoms with Crippen LogP contribution in [-0.4, -0.2) is 17.8 Å². The van der Waals surface area contributed by atoms with Gasteiger partial charge >= 0.3 is 0 Å². The van der Waals surface area contributed by atoms with Crippen LogP contribution in [0.2, 0.25) is 0 Å². The molecule has 1 aromatic heterocycles. The van der Waals surface area contributed by atoms with Crippen LogP contribution in [0.5, 0.6) is 0 Å². The maximum absolute atomic E-state index is 9.50. The molecule has 0 radical (unpaired) electrons. The first-order valence-electron chi connectivity index (χ1n) is 6.75. The van der Waals surface area contributed by atoms with Crippen molar-refractivity contribution in [3.63, 3.8) is 0 Å². The van der Waals surface area contributed by atoms with E-state index in [1.807, 2.05) is 11.3 Å². The van der Waals surface area contributed by atoms with Crippen LogP contribution in [0.1, 0.15) is 49.6 Å². The third-order valence-corrected chi connectivity index (χ3v) is 5.47. The fourth-order valence-electron chi connectivity index (χ4n) is 2.74. The Morgan fingerprint density at radius 3 is 3.00 bits per heavy atom. The minimum atomic E-state index is 0.235. The first-order valence-corrected chi connectivity index (χ1v) is 8.64. The maximum atomic E-state index is 9.50. The molecule has 1 aromatic rings. The number of thiophene rings is 1. The molecule has 0 amide bonds. The lowest BCUT2D eigenvalue weighted by atomic mass is 9.92. The van der Waals surface area contributed by atoms with Crippen molar-refractivity contribution < 1.29 is 5.11 Å². The predicted octanol–water partition coefficient (Wildman–Crippen LogP) is 3.73. The lowest BCUT2D eigenvalue weighted by Gasteiger charge is -2.29. The Kier molecular flexibility index (Phi) is 5.47. The average molecular weight is 379 g/mol. The molecule has 0 spiro atoms. The van der Waals surface area contributed by atoms with Gasteiger partial charge in [0, 0.05) is 17.0 Å². The number of hydrogen-bond donors (Lipinski definition) is 2. The van der Waals surface area contributed by atoms with E-state index < -0.39 is 0 Å². The highest BCUT2D eigenvalue weighted by Gasteiger charge is 2.24. The van der Waals surface area contributed by atoms with Gasteiger partial charge in [-0.15, -0.1) is 11.3 Å². The molecule has 2 unspecified atom stereocenters. The van der Waals surface area contributed by atoms with Gasteiger partial charge in [-0.3, -0.25) is 0 Å². The quantitative estimate of drug-likeness (QED) is 0.765. The third kappa shape index (κ3) is 3.68. The number of hydrogen-bond acceptors (Lipinski definition) is 3. The van der Waals surface area contributed by atoms with E-state index in [1.54, 1.807) is 4.88 Å². The molecule has 0 saturated heterocycles. The summed E-state index contributed by atoms with van der Waals surface area (Å²) in [4.78, 5) is 1.55. The van der Waals surface area contributed by atoms with Gasteiger partial charge < -0.3 is 10.4 Å². The van der Waals surface area contributed by atoms with Crippen LogP contribution in [0.3, 0.4) is 0 Å². The Hall–Kier alpha value is 0.350. The number of aliphatic hydroxyl groups is 1. The van der Waals surface area contributed by atoms with E-state index in [1.165, 1.54) is 27.7 Å². The average Bonchev–Trinajstić information content (AvgIpc) is 2.69. The van der Waals surface area contributed by atoms with Crippen LogP contribution in [0.4, 0.5) is 0 Å². The number of nitrogens with one attached hydrogen (secondary N) is 1. The molecule has 1 aliphatic rings. The van der Waals surface area contributed by atoms with Crippen LogP contribution < -0.4 is 5.32 Å². The fraction of sp³-hybridized carbons (Fsp3) is 0.714. The monoisotopic (exact) mass is 379 g/mol. The Morgan fingerprint density at radius 2 is 2.33 bits per heavy atom. The first kappa shape index (κ1) is 14.8. The standard InChI is InChI=1S/C14H22INOS/c1-9(2)6-10(8-17)16-12-4-3-5-13-11(12)7-14(15)18-13/h7,9-10,12,16-17H,3-6,8H2,1-2H3. The minimum Gasteiger partial charge on any atom is -0.395 e. The molecule has 2 N–H and O–H groups in total. The summed E-state index contributed by atoms with van der Waals surface area (Å²) in [5.41, 5.74) is 1.48. The molecule has 1 heterocycles. The Labute approximate surface area is 127 Å². The molecule has 0 aliphatic heterocycles. The summed E-state index contributed by atoms with van der Waals surface area (Å²) in [5, 5.41) is 13.2. The number of aryl methyl sites for hydroxylation is 1. The van der Waals surface area contributed by atoms with Crippen molar-refractivity contribution >= 4 is 33.9 Å². The highest BCUT2D eigenvalue weighted by Crippen LogP contribution is 2.36. The minimum absolute atomic E-state index is 0.235. The number of rotatable bonds is 5. The molecular weight excluding hydrogens is 357 g/mol. The molecule has 102 valence electrons. The third-order valence-electron chi connectivity index (χ3n) is 3.50. The van der Waals surface area contributed by atoms with Crippen LogP contribution >= 0.6 is 33.9 Å². The Morgan fingerprint density at radius 1 is 1.56 bits per heavy atom. The summed E-state index contributed by atoms with van der Waals surface area (Å²) >= 11 is 4.34. The van der Waals surface area contributed by atoms with Gasteiger partial charge in [0.2, 0.25) is 0 Å². The van der Waals surface area contributed by atoms with E-state index in [2.05, 4.69) is 47.8 Å². The first-order chi connectivity index (χ1) is 8.60. The normalized spacial score (nSPS) is 21.1. The summed E-state index contributed by atoms with van der Waals surface area (Å²) in [6.45, 7) is 4.67. The fourth-order valence-corrected chi connectivity index (χ4v) is 4.86. The molecule has 2 atom stereocenters. The van der Waals surface area contributed by atoms with Crippen LogP contribution in [0.15, 0.2) is 6.07 Å². The second kappa shape index (κ2) is 6.68. The van der Waals surface area contributed by atoms with Crippen LogP contribution in [0.25, 0.3) is 0 Å². The zero-order chi connectivity index (χ0) is 13.1. The van der Waals surface area contributed by atoms with Crippen molar-refractivity contribution in [3.05, 3.63) is 19.4 Å². The van der Waals surface area contributed by atoms with Crippen molar-refractivity contribution in [2.45, 2.75) is 51.6 Å². The Bertz CT molecular complexity index is 391. The van der Waals surface area contributed by atoms with Crippen molar-refractivity contribution in [3.8, 4) is 0 Å². The largest absolute Gasteiger partial charge is 0.395 e. The Balaban J connectivity index is 2.05. The van der Waals surface area contributed by atoms with Crippen LogP contribution in [0, 0.1) is 8.80 Å². The zero-order valence-electron chi connectivity index (χ0n) is 11.1. The molecule has 0 saturated carbocycles. The summed E-state index contributed by atoms with van der Waals surface area (Å²) < 4.78 is 1.38. The van der Waals surface area contributed by atoms with Gasteiger partial charge in [0.25, 0.3) is 0 Å². The number of halogens is 1. The van der Waals surface area contributed by atoms with E-state index in [0.29, 0.717) is 12.0 Å². The molecular formula is C14H22INOS. The van der Waals surface area contributed by atoms with E-state index in [-0.39, 0.29) is 12.6 Å². The van der Waals surface area contributed by atoms with Gasteiger partial charge in [-0.05, 0) is 65.8 Å². The predicted molar refractivity (Wildman–Crippen MR) is 86.2 cm³/mol. The molecule has 18 heavy (non-hydrogen) atoms. The van der Waals surface area contributed by atoms with Crippen LogP contribution in [-0.2, 0) is 6.42 Å². The van der Waals surface area contributed by atoms with Crippen molar-refractivity contribution in [2.24, 2.45) is 5.92 Å². The smallest absolute Gasteiger partial charge is 0.0659 e. The second-order valence-electron chi connectivity index (χ2n) is 5.55. The molecule has 0 aromatic carbocycles. The maximum Gasteiger partial charge on any atom is 0.0659 e. The van der Waals surface area contributed by atoms with Crippen molar-refractivity contribution in [1.29, 1.82) is 0 Å². The van der Waals surface area contributed by atoms with Gasteiger partial charge in [0.05, 0.1) is 9.49 Å². The van der Waals surface area contributed by atoms with Gasteiger partial charge in [-0.2, -0.15) is 0 Å². The van der Waals surface area contributed by atoms with Gasteiger partial charge in [0.15, 0.2) is 0 Å². The molecule has 4 heteroatoms. The number of fused-ring (bicyclic) bond motifs is 1. The molecule has 2 nitrogen and oxygen atoms in total. The lowest BCUT2D eigenvalue weighted by molar-refractivity contribution is 0.209. The zero-order valence-corrected chi connectivity index (χ0v) is 14.1. The molecule has 0 bridgehead atoms. The van der Waals surface area contributed by atoms with Crippen molar-refractivity contribution in [2.75, 3.05) is 6.61 Å². The van der Waals surface area contributed by atoms with E-state index in [9.17, 15) is 5.11 Å². The van der Waals surface area contributed by atoms with E-state index >= 15 is 0 Å². The van der Waals surface area contributed by atoms with E-state index in [0.717, 1.165) is 6.42 Å². The molecule has 2 rings (SSSR count). The summed E-state index contributed by atoms with van der Waals surface area (Å²) in [6, 6.07) is 3.00. The van der Waals surface area contributed by atoms with Gasteiger partial charge in [0.1, 0.15) is 0 Å². The topological polar surface area (TPSA) is 32.3 Å². The molecule has 1 aliphatic carbocycles. The number of aliphatic hydroxyl groups excluding tert-OH is 1. The molecule has 0 fully saturated rings. The second-order valence-corrected chi connectivity index (χ2v) is 8.58. The highest BCUT2D eigenvalue weighted by atomic mass is 127. The van der Waals surface area contributed by atoms with Gasteiger partial charge in [-0.1, -0.05) is 13.8 Å². The summed E-state index contributed by atoms with van der Waals surface area (Å²) in [5.74, 6) is 0.625. The van der Waals surface area contributed by atoms with Crippen molar-refractivity contribution in [1.82, 2.24) is 5.32 Å². The summed E-state index contributed by atoms with van der Waals surface area (Å²) in [6.07, 6.45) is 4.74. The van der Waals surface area contributed by atoms with Gasteiger partial charge in [-0.25, -0.2) is 0 Å². The SMILES string of the molecule is CC(C)CC(CO)NC1CCCc2sc(I)cc21. The lowest BCUT2D eigenvalue weighted by Crippen LogP contribution is -2.37. The highest BCUT2D eigenvalue weighted by molar-refractivity contribution is 14.1.